The summed E-state index contributed by atoms with van der Waals surface area (Å²) in [6.45, 7) is 7.49. The van der Waals surface area contributed by atoms with Crippen LogP contribution in [0.4, 0.5) is 0 Å². The van der Waals surface area contributed by atoms with E-state index in [1.54, 1.807) is 11.3 Å². The highest BCUT2D eigenvalue weighted by Gasteiger charge is 2.25. The van der Waals surface area contributed by atoms with Crippen LogP contribution in [0.2, 0.25) is 0 Å². The monoisotopic (exact) mass is 301 g/mol. The molecule has 1 aromatic carbocycles. The van der Waals surface area contributed by atoms with Gasteiger partial charge >= 0.3 is 0 Å². The Kier molecular flexibility index (Phi) is 4.68. The molecule has 4 heteroatoms. The molecule has 0 spiro atoms. The fourth-order valence-corrected chi connectivity index (χ4v) is 3.70. The first-order valence-corrected chi connectivity index (χ1v) is 8.51. The summed E-state index contributed by atoms with van der Waals surface area (Å²) in [6, 6.07) is 11.9. The Morgan fingerprint density at radius 3 is 2.86 bits per heavy atom. The van der Waals surface area contributed by atoms with Crippen LogP contribution >= 0.6 is 11.3 Å². The second-order valence-corrected chi connectivity index (χ2v) is 6.90. The normalized spacial score (nSPS) is 23.3. The van der Waals surface area contributed by atoms with Gasteiger partial charge in [-0.1, -0.05) is 30.3 Å². The summed E-state index contributed by atoms with van der Waals surface area (Å²) in [4.78, 5) is 7.16. The number of benzene rings is 1. The van der Waals surface area contributed by atoms with Crippen LogP contribution in [0, 0.1) is 6.92 Å². The fraction of sp³-hybridized carbons (Fsp3) is 0.471. The van der Waals surface area contributed by atoms with Crippen LogP contribution in [-0.2, 0) is 13.0 Å². The van der Waals surface area contributed by atoms with Crippen molar-refractivity contribution in [2.24, 2.45) is 0 Å². The molecule has 3 rings (SSSR count). The molecule has 3 nitrogen and oxygen atoms in total. The molecule has 2 heterocycles. The summed E-state index contributed by atoms with van der Waals surface area (Å²) in [5.74, 6) is 0. The summed E-state index contributed by atoms with van der Waals surface area (Å²) in [5, 5.41) is 7.06. The number of thiazole rings is 1. The third-order valence-electron chi connectivity index (χ3n) is 4.11. The number of nitrogens with one attached hydrogen (secondary N) is 1. The van der Waals surface area contributed by atoms with Crippen LogP contribution in [0.1, 0.15) is 23.2 Å². The molecular formula is C17H23N3S. The lowest BCUT2D eigenvalue weighted by Gasteiger charge is -2.38. The van der Waals surface area contributed by atoms with Gasteiger partial charge in [0.15, 0.2) is 0 Å². The van der Waals surface area contributed by atoms with E-state index in [2.05, 4.69) is 64.8 Å². The Hall–Kier alpha value is -1.23. The van der Waals surface area contributed by atoms with Gasteiger partial charge in [-0.15, -0.1) is 11.3 Å². The molecule has 0 aliphatic carbocycles. The van der Waals surface area contributed by atoms with Crippen LogP contribution in [0.25, 0.3) is 0 Å². The summed E-state index contributed by atoms with van der Waals surface area (Å²) in [6.07, 6.45) is 1.10. The average Bonchev–Trinajstić information content (AvgIpc) is 2.89. The molecule has 2 atom stereocenters. The number of hydrogen-bond acceptors (Lipinski definition) is 4. The molecule has 21 heavy (non-hydrogen) atoms. The van der Waals surface area contributed by atoms with Gasteiger partial charge in [0.2, 0.25) is 0 Å². The van der Waals surface area contributed by atoms with Crippen LogP contribution in [-0.4, -0.2) is 35.1 Å². The first-order valence-electron chi connectivity index (χ1n) is 7.63. The van der Waals surface area contributed by atoms with E-state index in [-0.39, 0.29) is 0 Å². The molecule has 2 unspecified atom stereocenters. The second-order valence-electron chi connectivity index (χ2n) is 5.96. The van der Waals surface area contributed by atoms with Crippen molar-refractivity contribution in [1.29, 1.82) is 0 Å². The standard InChI is InChI=1S/C17H23N3S/c1-13-12-21-17(19-13)11-20-10-16(18-9-14(20)2)8-15-6-4-3-5-7-15/h3-7,12,14,16,18H,8-11H2,1-2H3. The fourth-order valence-electron chi connectivity index (χ4n) is 2.90. The van der Waals surface area contributed by atoms with E-state index in [1.165, 1.54) is 10.6 Å². The highest BCUT2D eigenvalue weighted by molar-refractivity contribution is 7.09. The molecule has 1 fully saturated rings. The lowest BCUT2D eigenvalue weighted by atomic mass is 10.0. The zero-order chi connectivity index (χ0) is 14.7. The lowest BCUT2D eigenvalue weighted by Crippen LogP contribution is -2.55. The van der Waals surface area contributed by atoms with E-state index in [4.69, 9.17) is 0 Å². The Bertz CT molecular complexity index is 566. The first-order chi connectivity index (χ1) is 10.2. The lowest BCUT2D eigenvalue weighted by molar-refractivity contribution is 0.133. The number of aromatic nitrogens is 1. The minimum absolute atomic E-state index is 0.532. The Labute approximate surface area is 131 Å². The van der Waals surface area contributed by atoms with Crippen molar-refractivity contribution in [3.8, 4) is 0 Å². The van der Waals surface area contributed by atoms with Crippen molar-refractivity contribution in [2.75, 3.05) is 13.1 Å². The highest BCUT2D eigenvalue weighted by atomic mass is 32.1. The number of hydrogen-bond donors (Lipinski definition) is 1. The van der Waals surface area contributed by atoms with Gasteiger partial charge < -0.3 is 5.32 Å². The van der Waals surface area contributed by atoms with Gasteiger partial charge in [-0.3, -0.25) is 4.90 Å². The molecule has 112 valence electrons. The van der Waals surface area contributed by atoms with E-state index in [9.17, 15) is 0 Å². The summed E-state index contributed by atoms with van der Waals surface area (Å²) >= 11 is 1.78. The van der Waals surface area contributed by atoms with Crippen molar-refractivity contribution < 1.29 is 0 Å². The maximum absolute atomic E-state index is 4.60. The largest absolute Gasteiger partial charge is 0.311 e. The summed E-state index contributed by atoms with van der Waals surface area (Å²) in [5.41, 5.74) is 2.55. The maximum atomic E-state index is 4.60. The Morgan fingerprint density at radius 2 is 2.14 bits per heavy atom. The highest BCUT2D eigenvalue weighted by Crippen LogP contribution is 2.17. The van der Waals surface area contributed by atoms with Crippen LogP contribution < -0.4 is 5.32 Å². The van der Waals surface area contributed by atoms with E-state index < -0.39 is 0 Å². The van der Waals surface area contributed by atoms with E-state index in [1.807, 2.05) is 0 Å². The summed E-state index contributed by atoms with van der Waals surface area (Å²) in [7, 11) is 0. The van der Waals surface area contributed by atoms with Crippen molar-refractivity contribution in [3.05, 3.63) is 52.0 Å². The van der Waals surface area contributed by atoms with Crippen molar-refractivity contribution >= 4 is 11.3 Å². The second kappa shape index (κ2) is 6.69. The average molecular weight is 301 g/mol. The molecule has 0 saturated carbocycles. The molecule has 2 aromatic rings. The van der Waals surface area contributed by atoms with Gasteiger partial charge in [0.05, 0.1) is 6.54 Å². The number of nitrogens with zero attached hydrogens (tertiary/aromatic N) is 2. The summed E-state index contributed by atoms with van der Waals surface area (Å²) < 4.78 is 0. The topological polar surface area (TPSA) is 28.2 Å². The van der Waals surface area contributed by atoms with Crippen LogP contribution in [0.3, 0.4) is 0 Å². The molecule has 1 N–H and O–H groups in total. The molecule has 0 radical (unpaired) electrons. The van der Waals surface area contributed by atoms with Crippen LogP contribution in [0.15, 0.2) is 35.7 Å². The SMILES string of the molecule is Cc1csc(CN2CC(Cc3ccccc3)NCC2C)n1. The van der Waals surface area contributed by atoms with Gasteiger partial charge in [0, 0.05) is 36.2 Å². The first kappa shape index (κ1) is 14.7. The van der Waals surface area contributed by atoms with E-state index >= 15 is 0 Å². The molecule has 1 aliphatic rings. The Balaban J connectivity index is 1.61. The van der Waals surface area contributed by atoms with Gasteiger partial charge in [-0.2, -0.15) is 0 Å². The predicted molar refractivity (Wildman–Crippen MR) is 88.7 cm³/mol. The molecule has 0 bridgehead atoms. The number of aryl methyl sites for hydroxylation is 1. The third kappa shape index (κ3) is 3.90. The van der Waals surface area contributed by atoms with Crippen LogP contribution in [0.5, 0.6) is 0 Å². The zero-order valence-electron chi connectivity index (χ0n) is 12.7. The minimum Gasteiger partial charge on any atom is -0.311 e. The van der Waals surface area contributed by atoms with Gasteiger partial charge in [0.25, 0.3) is 0 Å². The smallest absolute Gasteiger partial charge is 0.107 e. The van der Waals surface area contributed by atoms with Crippen molar-refractivity contribution in [2.45, 2.75) is 38.9 Å². The molecule has 1 saturated heterocycles. The number of rotatable bonds is 4. The van der Waals surface area contributed by atoms with E-state index in [0.29, 0.717) is 12.1 Å². The van der Waals surface area contributed by atoms with Crippen molar-refractivity contribution in [1.82, 2.24) is 15.2 Å². The van der Waals surface area contributed by atoms with E-state index in [0.717, 1.165) is 31.7 Å². The molecular weight excluding hydrogens is 278 g/mol. The predicted octanol–water partition coefficient (Wildman–Crippen LogP) is 2.86. The third-order valence-corrected chi connectivity index (χ3v) is 5.06. The molecule has 0 amide bonds. The minimum atomic E-state index is 0.532. The van der Waals surface area contributed by atoms with Gasteiger partial charge in [-0.25, -0.2) is 4.98 Å². The van der Waals surface area contributed by atoms with Crippen molar-refractivity contribution in [3.63, 3.8) is 0 Å². The molecule has 1 aromatic heterocycles. The quantitative estimate of drug-likeness (QED) is 0.941. The zero-order valence-corrected chi connectivity index (χ0v) is 13.6. The molecule has 1 aliphatic heterocycles. The Morgan fingerprint density at radius 1 is 1.33 bits per heavy atom. The number of piperazine rings is 1. The van der Waals surface area contributed by atoms with Gasteiger partial charge in [0.1, 0.15) is 5.01 Å². The van der Waals surface area contributed by atoms with Gasteiger partial charge in [-0.05, 0) is 25.8 Å². The maximum Gasteiger partial charge on any atom is 0.107 e.